The van der Waals surface area contributed by atoms with Crippen molar-refractivity contribution in [3.8, 4) is 0 Å². The second-order valence-electron chi connectivity index (χ2n) is 2.26. The third-order valence-corrected chi connectivity index (χ3v) is 2.19. The second-order valence-corrected chi connectivity index (χ2v) is 3.42. The minimum absolute atomic E-state index is 0.253. The summed E-state index contributed by atoms with van der Waals surface area (Å²) in [5.74, 6) is -4.04. The zero-order valence-corrected chi connectivity index (χ0v) is 8.22. The van der Waals surface area contributed by atoms with E-state index in [2.05, 4.69) is 0 Å². The van der Waals surface area contributed by atoms with Crippen molar-refractivity contribution in [3.05, 3.63) is 27.1 Å². The quantitative estimate of drug-likeness (QED) is 0.341. The van der Waals surface area contributed by atoms with Crippen molar-refractivity contribution in [1.29, 1.82) is 0 Å². The summed E-state index contributed by atoms with van der Waals surface area (Å²) < 4.78 is 38.2. The Morgan fingerprint density at radius 3 is 2.15 bits per heavy atom. The van der Waals surface area contributed by atoms with Gasteiger partial charge in [0.2, 0.25) is 0 Å². The van der Waals surface area contributed by atoms with Crippen LogP contribution in [0.1, 0.15) is 0 Å². The van der Waals surface area contributed by atoms with Gasteiger partial charge in [0.25, 0.3) is 0 Å². The average Bonchev–Trinajstić information content (AvgIpc) is 1.99. The molecule has 7 heteroatoms. The topological polar surface area (TPSA) is 40.5 Å². The zero-order valence-electron chi connectivity index (χ0n) is 6.06. The van der Waals surface area contributed by atoms with Crippen LogP contribution in [0.2, 0.25) is 0 Å². The van der Waals surface area contributed by atoms with Crippen molar-refractivity contribution in [3.63, 3.8) is 0 Å². The summed E-state index contributed by atoms with van der Waals surface area (Å²) in [6.07, 6.45) is 0. The lowest BCUT2D eigenvalue weighted by atomic mass is 9.79. The van der Waals surface area contributed by atoms with Crippen molar-refractivity contribution in [2.75, 3.05) is 0 Å². The van der Waals surface area contributed by atoms with Gasteiger partial charge in [0, 0.05) is 0 Å². The molecule has 2 nitrogen and oxygen atoms in total. The SMILES string of the molecule is OB(O)c1c(F)cc(I)c(F)c1F. The van der Waals surface area contributed by atoms with Gasteiger partial charge in [-0.2, -0.15) is 0 Å². The van der Waals surface area contributed by atoms with Crippen LogP contribution in [0.3, 0.4) is 0 Å². The number of hydrogen-bond acceptors (Lipinski definition) is 2. The van der Waals surface area contributed by atoms with E-state index in [4.69, 9.17) is 10.0 Å². The maximum Gasteiger partial charge on any atom is 0.494 e. The van der Waals surface area contributed by atoms with Crippen LogP contribution in [0.5, 0.6) is 0 Å². The summed E-state index contributed by atoms with van der Waals surface area (Å²) in [5.41, 5.74) is -1.07. The summed E-state index contributed by atoms with van der Waals surface area (Å²) in [5, 5.41) is 17.0. The molecule has 0 aliphatic heterocycles. The molecule has 2 N–H and O–H groups in total. The summed E-state index contributed by atoms with van der Waals surface area (Å²) >= 11 is 1.40. The fourth-order valence-electron chi connectivity index (χ4n) is 0.817. The van der Waals surface area contributed by atoms with Crippen LogP contribution in [-0.4, -0.2) is 17.2 Å². The van der Waals surface area contributed by atoms with E-state index in [1.807, 2.05) is 0 Å². The summed E-state index contributed by atoms with van der Waals surface area (Å²) in [7, 11) is -2.36. The van der Waals surface area contributed by atoms with Gasteiger partial charge in [-0.15, -0.1) is 0 Å². The molecule has 0 aromatic heterocycles. The van der Waals surface area contributed by atoms with Crippen LogP contribution >= 0.6 is 22.6 Å². The van der Waals surface area contributed by atoms with Crippen LogP contribution in [0.4, 0.5) is 13.2 Å². The molecule has 0 saturated carbocycles. The molecular weight excluding hydrogens is 299 g/mol. The first-order valence-corrected chi connectivity index (χ1v) is 4.22. The molecule has 0 amide bonds. The molecular formula is C6H3BF3IO2. The first-order valence-electron chi connectivity index (χ1n) is 3.14. The molecule has 0 heterocycles. The molecule has 0 saturated heterocycles. The molecule has 1 aromatic rings. The number of benzene rings is 1. The Hall–Kier alpha value is -0.275. The highest BCUT2D eigenvalue weighted by Crippen LogP contribution is 2.14. The first kappa shape index (κ1) is 10.8. The molecule has 0 atom stereocenters. The molecule has 0 aliphatic carbocycles. The van der Waals surface area contributed by atoms with Crippen LogP contribution in [0.15, 0.2) is 6.07 Å². The predicted octanol–water partition coefficient (Wildman–Crippen LogP) is 0.388. The van der Waals surface area contributed by atoms with Crippen LogP contribution in [-0.2, 0) is 0 Å². The third kappa shape index (κ3) is 1.97. The molecule has 1 rings (SSSR count). The Morgan fingerprint density at radius 1 is 1.15 bits per heavy atom. The lowest BCUT2D eigenvalue weighted by Gasteiger charge is -2.05. The van der Waals surface area contributed by atoms with Gasteiger partial charge in [0.1, 0.15) is 5.82 Å². The van der Waals surface area contributed by atoms with Gasteiger partial charge < -0.3 is 10.0 Å². The lowest BCUT2D eigenvalue weighted by molar-refractivity contribution is 0.415. The Bertz CT molecular complexity index is 345. The first-order chi connectivity index (χ1) is 5.95. The zero-order chi connectivity index (χ0) is 10.2. The Balaban J connectivity index is 3.44. The highest BCUT2D eigenvalue weighted by molar-refractivity contribution is 14.1. The van der Waals surface area contributed by atoms with Gasteiger partial charge in [-0.1, -0.05) is 0 Å². The van der Waals surface area contributed by atoms with E-state index in [1.54, 1.807) is 0 Å². The largest absolute Gasteiger partial charge is 0.494 e. The maximum atomic E-state index is 12.8. The van der Waals surface area contributed by atoms with E-state index in [9.17, 15) is 13.2 Å². The highest BCUT2D eigenvalue weighted by Gasteiger charge is 2.26. The molecule has 1 aromatic carbocycles. The molecule has 0 radical (unpaired) electrons. The molecule has 0 unspecified atom stereocenters. The van der Waals surface area contributed by atoms with E-state index in [1.165, 1.54) is 22.6 Å². The van der Waals surface area contributed by atoms with E-state index in [0.717, 1.165) is 0 Å². The third-order valence-electron chi connectivity index (χ3n) is 1.41. The summed E-state index contributed by atoms with van der Waals surface area (Å²) in [6, 6.07) is 0.688. The fourth-order valence-corrected chi connectivity index (χ4v) is 1.33. The van der Waals surface area contributed by atoms with Crippen molar-refractivity contribution in [2.24, 2.45) is 0 Å². The second kappa shape index (κ2) is 3.85. The van der Waals surface area contributed by atoms with Crippen LogP contribution in [0, 0.1) is 21.0 Å². The van der Waals surface area contributed by atoms with Gasteiger partial charge >= 0.3 is 7.12 Å². The van der Waals surface area contributed by atoms with E-state index in [-0.39, 0.29) is 3.57 Å². The summed E-state index contributed by atoms with van der Waals surface area (Å²) in [4.78, 5) is 0. The number of hydrogen-bond donors (Lipinski definition) is 2. The summed E-state index contributed by atoms with van der Waals surface area (Å²) in [6.45, 7) is 0. The van der Waals surface area contributed by atoms with E-state index in [0.29, 0.717) is 6.07 Å². The van der Waals surface area contributed by atoms with Crippen molar-refractivity contribution >= 4 is 35.2 Å². The Kier molecular flexibility index (Phi) is 3.20. The smallest absolute Gasteiger partial charge is 0.423 e. The average molecular weight is 302 g/mol. The minimum atomic E-state index is -2.36. The fraction of sp³-hybridized carbons (Fsp3) is 0. The van der Waals surface area contributed by atoms with Gasteiger partial charge in [-0.3, -0.25) is 0 Å². The van der Waals surface area contributed by atoms with Gasteiger partial charge in [-0.25, -0.2) is 13.2 Å². The van der Waals surface area contributed by atoms with Crippen LogP contribution in [0.25, 0.3) is 0 Å². The van der Waals surface area contributed by atoms with Crippen LogP contribution < -0.4 is 5.46 Å². The Labute approximate surface area is 85.7 Å². The lowest BCUT2D eigenvalue weighted by Crippen LogP contribution is -2.36. The predicted molar refractivity (Wildman–Crippen MR) is 48.9 cm³/mol. The van der Waals surface area contributed by atoms with E-state index < -0.39 is 30.0 Å². The standard InChI is InChI=1S/C6H3BF3IO2/c8-2-1-3(11)5(9)6(10)4(2)7(12)13/h1,12-13H. The minimum Gasteiger partial charge on any atom is -0.423 e. The Morgan fingerprint density at radius 2 is 1.69 bits per heavy atom. The molecule has 0 aliphatic rings. The van der Waals surface area contributed by atoms with E-state index >= 15 is 0 Å². The molecule has 0 bridgehead atoms. The molecule has 70 valence electrons. The number of halogens is 4. The maximum absolute atomic E-state index is 12.8. The monoisotopic (exact) mass is 302 g/mol. The van der Waals surface area contributed by atoms with Gasteiger partial charge in [0.05, 0.1) is 9.03 Å². The molecule has 13 heavy (non-hydrogen) atoms. The van der Waals surface area contributed by atoms with Crippen molar-refractivity contribution in [1.82, 2.24) is 0 Å². The normalized spacial score (nSPS) is 10.3. The highest BCUT2D eigenvalue weighted by atomic mass is 127. The van der Waals surface area contributed by atoms with Gasteiger partial charge in [-0.05, 0) is 28.7 Å². The van der Waals surface area contributed by atoms with Gasteiger partial charge in [0.15, 0.2) is 11.6 Å². The van der Waals surface area contributed by atoms with Crippen molar-refractivity contribution < 1.29 is 23.2 Å². The molecule has 0 spiro atoms. The van der Waals surface area contributed by atoms with Crippen molar-refractivity contribution in [2.45, 2.75) is 0 Å². The molecule has 0 fully saturated rings. The number of rotatable bonds is 1.